The number of benzene rings is 13. The lowest BCUT2D eigenvalue weighted by Crippen LogP contribution is -1.94. The topological polar surface area (TPSA) is 47.6 Å². The molecular formula is C72H40N2. The Bertz CT molecular complexity index is 4150. The standard InChI is InChI=1S/C72H40N2/c73-41-47-40-62(50-36-38-60-68-52(50)32-18-34-58(68)70-64(44-21-7-2-8-22-44)54-28-14-16-30-56(54)66(72(60)70)46-25-11-4-12-26-46)48(42-74)39-61(47)49-35-37-59-67-51(49)31-17-33-57(67)69-63(43-19-5-1-6-20-43)53-27-13-15-29-55(53)65(71(59)69)45-23-9-3-10-24-45/h1-40H. The van der Waals surface area contributed by atoms with Crippen LogP contribution < -0.4 is 0 Å². The van der Waals surface area contributed by atoms with E-state index in [-0.39, 0.29) is 0 Å². The van der Waals surface area contributed by atoms with E-state index in [1.165, 1.54) is 111 Å². The lowest BCUT2D eigenvalue weighted by atomic mass is 9.82. The molecule has 15 rings (SSSR count). The van der Waals surface area contributed by atoms with E-state index in [4.69, 9.17) is 0 Å². The summed E-state index contributed by atoms with van der Waals surface area (Å²) in [6.07, 6.45) is 0. The number of nitriles is 2. The van der Waals surface area contributed by atoms with Gasteiger partial charge in [0.1, 0.15) is 0 Å². The van der Waals surface area contributed by atoms with Crippen LogP contribution in [0.4, 0.5) is 0 Å². The van der Waals surface area contributed by atoms with Gasteiger partial charge in [0.15, 0.2) is 0 Å². The van der Waals surface area contributed by atoms with Gasteiger partial charge in [0, 0.05) is 11.1 Å². The van der Waals surface area contributed by atoms with E-state index < -0.39 is 0 Å². The van der Waals surface area contributed by atoms with E-state index in [0.717, 1.165) is 43.8 Å². The molecule has 74 heavy (non-hydrogen) atoms. The van der Waals surface area contributed by atoms with Gasteiger partial charge in [-0.1, -0.05) is 231 Å². The normalized spacial score (nSPS) is 11.8. The Kier molecular flexibility index (Phi) is 9.12. The first-order valence-corrected chi connectivity index (χ1v) is 25.2. The Balaban J connectivity index is 0.951. The maximum Gasteiger partial charge on any atom is 0.0998 e. The molecule has 0 bridgehead atoms. The molecule has 0 spiro atoms. The summed E-state index contributed by atoms with van der Waals surface area (Å²) in [7, 11) is 0. The Morgan fingerprint density at radius 3 is 0.757 bits per heavy atom. The highest BCUT2D eigenvalue weighted by Gasteiger charge is 2.34. The van der Waals surface area contributed by atoms with Gasteiger partial charge in [-0.2, -0.15) is 10.5 Å². The highest BCUT2D eigenvalue weighted by atomic mass is 14.4. The van der Waals surface area contributed by atoms with Gasteiger partial charge in [0.25, 0.3) is 0 Å². The molecule has 13 aromatic carbocycles. The van der Waals surface area contributed by atoms with Gasteiger partial charge < -0.3 is 0 Å². The summed E-state index contributed by atoms with van der Waals surface area (Å²) >= 11 is 0. The predicted molar refractivity (Wildman–Crippen MR) is 307 cm³/mol. The van der Waals surface area contributed by atoms with Crippen molar-refractivity contribution in [3.8, 4) is 123 Å². The zero-order valence-electron chi connectivity index (χ0n) is 40.0. The number of rotatable bonds is 6. The van der Waals surface area contributed by atoms with Crippen molar-refractivity contribution in [3.63, 3.8) is 0 Å². The predicted octanol–water partition coefficient (Wildman–Crippen LogP) is 19.3. The first-order chi connectivity index (χ1) is 36.7. The molecule has 0 amide bonds. The van der Waals surface area contributed by atoms with Crippen LogP contribution in [0.5, 0.6) is 0 Å². The van der Waals surface area contributed by atoms with Crippen LogP contribution in [0.1, 0.15) is 11.1 Å². The van der Waals surface area contributed by atoms with Crippen LogP contribution in [-0.4, -0.2) is 0 Å². The van der Waals surface area contributed by atoms with Crippen molar-refractivity contribution in [1.29, 1.82) is 10.5 Å². The minimum absolute atomic E-state index is 0.520. The van der Waals surface area contributed by atoms with Gasteiger partial charge in [-0.05, 0) is 155 Å². The van der Waals surface area contributed by atoms with E-state index in [2.05, 4.69) is 243 Å². The third-order valence-electron chi connectivity index (χ3n) is 15.8. The number of nitrogens with zero attached hydrogens (tertiary/aromatic N) is 2. The summed E-state index contributed by atoms with van der Waals surface area (Å²) in [4.78, 5) is 0. The van der Waals surface area contributed by atoms with Gasteiger partial charge in [-0.15, -0.1) is 0 Å². The van der Waals surface area contributed by atoms with E-state index in [9.17, 15) is 10.5 Å². The summed E-state index contributed by atoms with van der Waals surface area (Å²) in [5.74, 6) is 0. The molecule has 2 nitrogen and oxygen atoms in total. The summed E-state index contributed by atoms with van der Waals surface area (Å²) < 4.78 is 0. The Labute approximate surface area is 428 Å². The van der Waals surface area contributed by atoms with Crippen LogP contribution in [0, 0.1) is 22.7 Å². The maximum atomic E-state index is 11.3. The quantitative estimate of drug-likeness (QED) is 0.167. The van der Waals surface area contributed by atoms with Crippen molar-refractivity contribution >= 4 is 43.1 Å². The lowest BCUT2D eigenvalue weighted by molar-refractivity contribution is 1.45. The van der Waals surface area contributed by atoms with E-state index in [0.29, 0.717) is 11.1 Å². The van der Waals surface area contributed by atoms with E-state index in [1.807, 2.05) is 12.1 Å². The summed E-state index contributed by atoms with van der Waals surface area (Å²) in [5, 5.41) is 31.7. The second-order valence-electron chi connectivity index (χ2n) is 19.5. The SMILES string of the molecule is N#Cc1cc(-c2ccc3c4c(cccc24)-c2c-3c(-c3ccccc3)c3ccccc3c2-c2ccccc2)c(C#N)cc1-c1ccc2c3c(cccc13)-c1c-2c(-c2ccccc2)c2ccccc2c1-c1ccccc1. The molecule has 2 heteroatoms. The van der Waals surface area contributed by atoms with Gasteiger partial charge >= 0.3 is 0 Å². The molecule has 0 saturated carbocycles. The van der Waals surface area contributed by atoms with Gasteiger partial charge in [-0.3, -0.25) is 0 Å². The molecule has 2 aliphatic rings. The second kappa shape index (κ2) is 16.2. The van der Waals surface area contributed by atoms with E-state index >= 15 is 0 Å². The van der Waals surface area contributed by atoms with Crippen molar-refractivity contribution in [1.82, 2.24) is 0 Å². The average Bonchev–Trinajstić information content (AvgIpc) is 4.07. The molecule has 0 atom stereocenters. The van der Waals surface area contributed by atoms with Crippen molar-refractivity contribution < 1.29 is 0 Å². The number of fused-ring (bicyclic) bond motifs is 8. The molecule has 0 aromatic heterocycles. The molecule has 0 heterocycles. The van der Waals surface area contributed by atoms with Crippen LogP contribution in [-0.2, 0) is 0 Å². The van der Waals surface area contributed by atoms with Crippen molar-refractivity contribution in [2.45, 2.75) is 0 Å². The molecule has 0 N–H and O–H groups in total. The van der Waals surface area contributed by atoms with E-state index in [1.54, 1.807) is 0 Å². The Hall–Kier alpha value is -10.1. The fraction of sp³-hybridized carbons (Fsp3) is 0. The smallest absolute Gasteiger partial charge is 0.0998 e. The van der Waals surface area contributed by atoms with Crippen LogP contribution in [0.3, 0.4) is 0 Å². The van der Waals surface area contributed by atoms with Crippen LogP contribution in [0.2, 0.25) is 0 Å². The Morgan fingerprint density at radius 2 is 0.459 bits per heavy atom. The first kappa shape index (κ1) is 41.6. The highest BCUT2D eigenvalue weighted by molar-refractivity contribution is 6.31. The monoisotopic (exact) mass is 932 g/mol. The minimum atomic E-state index is 0.520. The molecule has 0 aliphatic heterocycles. The second-order valence-corrected chi connectivity index (χ2v) is 19.5. The molecular weight excluding hydrogens is 893 g/mol. The largest absolute Gasteiger partial charge is 0.192 e. The van der Waals surface area contributed by atoms with Crippen molar-refractivity contribution in [2.24, 2.45) is 0 Å². The first-order valence-electron chi connectivity index (χ1n) is 25.2. The fourth-order valence-electron chi connectivity index (χ4n) is 12.9. The summed E-state index contributed by atoms with van der Waals surface area (Å²) in [6, 6.07) is 91.9. The van der Waals surface area contributed by atoms with Crippen LogP contribution >= 0.6 is 0 Å². The summed E-state index contributed by atoms with van der Waals surface area (Å²) in [6.45, 7) is 0. The third kappa shape index (κ3) is 5.86. The third-order valence-corrected chi connectivity index (χ3v) is 15.8. The van der Waals surface area contributed by atoms with Crippen LogP contribution in [0.15, 0.2) is 243 Å². The number of hydrogen-bond donors (Lipinski definition) is 0. The molecule has 0 unspecified atom stereocenters. The molecule has 2 aliphatic carbocycles. The van der Waals surface area contributed by atoms with Gasteiger partial charge in [0.05, 0.1) is 23.3 Å². The highest BCUT2D eigenvalue weighted by Crippen LogP contribution is 2.61. The zero-order valence-corrected chi connectivity index (χ0v) is 40.0. The van der Waals surface area contributed by atoms with Gasteiger partial charge in [0.2, 0.25) is 0 Å². The average molecular weight is 933 g/mol. The molecule has 0 radical (unpaired) electrons. The van der Waals surface area contributed by atoms with Crippen molar-refractivity contribution in [3.05, 3.63) is 254 Å². The lowest BCUT2D eigenvalue weighted by Gasteiger charge is -2.20. The Morgan fingerprint density at radius 1 is 0.203 bits per heavy atom. The molecule has 0 fully saturated rings. The zero-order chi connectivity index (χ0) is 49.0. The minimum Gasteiger partial charge on any atom is -0.192 e. The number of hydrogen-bond acceptors (Lipinski definition) is 2. The van der Waals surface area contributed by atoms with Gasteiger partial charge in [-0.25, -0.2) is 0 Å². The molecule has 338 valence electrons. The van der Waals surface area contributed by atoms with Crippen LogP contribution in [0.25, 0.3) is 154 Å². The molecule has 13 aromatic rings. The summed E-state index contributed by atoms with van der Waals surface area (Å²) in [5.41, 5.74) is 23.4. The maximum absolute atomic E-state index is 11.3. The molecule has 0 saturated heterocycles. The van der Waals surface area contributed by atoms with Crippen molar-refractivity contribution in [2.75, 3.05) is 0 Å². The fourth-order valence-corrected chi connectivity index (χ4v) is 12.9.